The van der Waals surface area contributed by atoms with E-state index in [-0.39, 0.29) is 0 Å². The largest absolute Gasteiger partial charge is 0.480 e. The molecule has 0 aromatic heterocycles. The molecule has 134 valence electrons. The molecule has 0 rings (SSSR count). The van der Waals surface area contributed by atoms with Gasteiger partial charge in [0.1, 0.15) is 25.4 Å². The van der Waals surface area contributed by atoms with Gasteiger partial charge >= 0.3 is 23.9 Å². The first kappa shape index (κ1) is 23.0. The lowest BCUT2D eigenvalue weighted by Crippen LogP contribution is -2.49. The van der Waals surface area contributed by atoms with Crippen LogP contribution in [0.5, 0.6) is 0 Å². The quantitative estimate of drug-likeness (QED) is 0.198. The Balaban J connectivity index is 0. The van der Waals surface area contributed by atoms with Crippen molar-refractivity contribution >= 4 is 23.9 Å². The molecule has 23 heavy (non-hydrogen) atoms. The normalized spacial score (nSPS) is 15.3. The highest BCUT2D eigenvalue weighted by Crippen LogP contribution is 2.05. The summed E-state index contributed by atoms with van der Waals surface area (Å²) in [4.78, 5) is 39.5. The Kier molecular flexibility index (Phi) is 11.3. The second-order valence-corrected chi connectivity index (χ2v) is 3.83. The van der Waals surface area contributed by atoms with Gasteiger partial charge in [-0.05, 0) is 0 Å². The van der Waals surface area contributed by atoms with Gasteiger partial charge in [-0.1, -0.05) is 0 Å². The van der Waals surface area contributed by atoms with Crippen LogP contribution in [0.1, 0.15) is 0 Å². The third kappa shape index (κ3) is 11.0. The zero-order valence-electron chi connectivity index (χ0n) is 11.3. The molecule has 0 aromatic rings. The van der Waals surface area contributed by atoms with Crippen molar-refractivity contribution in [2.75, 3.05) is 13.2 Å². The summed E-state index contributed by atoms with van der Waals surface area (Å²) in [5.74, 6) is -6.02. The molecule has 0 saturated carbocycles. The van der Waals surface area contributed by atoms with Gasteiger partial charge in [-0.25, -0.2) is 19.2 Å². The molecule has 0 bridgehead atoms. The van der Waals surface area contributed by atoms with E-state index in [2.05, 4.69) is 4.74 Å². The van der Waals surface area contributed by atoms with Crippen molar-refractivity contribution in [1.29, 1.82) is 0 Å². The van der Waals surface area contributed by atoms with Gasteiger partial charge < -0.3 is 45.6 Å². The average molecular weight is 344 g/mol. The van der Waals surface area contributed by atoms with Crippen molar-refractivity contribution in [3.8, 4) is 0 Å². The minimum Gasteiger partial charge on any atom is -0.480 e. The molecular weight excluding hydrogens is 328 g/mol. The first-order valence-electron chi connectivity index (χ1n) is 5.61. The van der Waals surface area contributed by atoms with E-state index in [4.69, 9.17) is 40.9 Å². The molecule has 0 spiro atoms. The van der Waals surface area contributed by atoms with Crippen molar-refractivity contribution in [2.45, 2.75) is 24.4 Å². The van der Waals surface area contributed by atoms with E-state index in [0.29, 0.717) is 0 Å². The number of aliphatic hydroxyl groups is 4. The maximum atomic E-state index is 10.1. The second kappa shape index (κ2) is 11.3. The van der Waals surface area contributed by atoms with Crippen molar-refractivity contribution in [2.24, 2.45) is 0 Å². The van der Waals surface area contributed by atoms with Crippen LogP contribution in [0, 0.1) is 0 Å². The molecule has 0 amide bonds. The maximum Gasteiger partial charge on any atom is 0.335 e. The number of carboxylic acids is 4. The summed E-state index contributed by atoms with van der Waals surface area (Å²) in [6, 6.07) is 0. The van der Waals surface area contributed by atoms with Crippen molar-refractivity contribution < 1.29 is 64.8 Å². The summed E-state index contributed by atoms with van der Waals surface area (Å²) in [5.41, 5.74) is 0. The Bertz CT molecular complexity index is 381. The van der Waals surface area contributed by atoms with Gasteiger partial charge in [0.25, 0.3) is 0 Å². The van der Waals surface area contributed by atoms with E-state index in [1.807, 2.05) is 0 Å². The molecular formula is C10H16O13. The Morgan fingerprint density at radius 1 is 0.652 bits per heavy atom. The fraction of sp³-hybridized carbons (Fsp3) is 0.600. The van der Waals surface area contributed by atoms with Crippen LogP contribution in [0.15, 0.2) is 0 Å². The number of rotatable bonds is 9. The van der Waals surface area contributed by atoms with Gasteiger partial charge in [-0.3, -0.25) is 0 Å². The number of aliphatic carboxylic acids is 4. The van der Waals surface area contributed by atoms with E-state index in [1.54, 1.807) is 0 Å². The fourth-order valence-corrected chi connectivity index (χ4v) is 0.891. The fourth-order valence-electron chi connectivity index (χ4n) is 0.891. The Hall–Kier alpha value is -2.32. The molecule has 0 aliphatic rings. The van der Waals surface area contributed by atoms with Crippen molar-refractivity contribution in [3.63, 3.8) is 0 Å². The summed E-state index contributed by atoms with van der Waals surface area (Å²) in [7, 11) is 0. The summed E-state index contributed by atoms with van der Waals surface area (Å²) < 4.78 is 4.16. The van der Waals surface area contributed by atoms with E-state index in [1.165, 1.54) is 0 Å². The summed E-state index contributed by atoms with van der Waals surface area (Å²) in [6.45, 7) is -1.13. The van der Waals surface area contributed by atoms with Crippen LogP contribution < -0.4 is 0 Å². The van der Waals surface area contributed by atoms with E-state index in [0.717, 1.165) is 0 Å². The van der Waals surface area contributed by atoms with Crippen LogP contribution in [0.2, 0.25) is 0 Å². The lowest BCUT2D eigenvalue weighted by atomic mass is 10.0. The molecule has 0 aliphatic carbocycles. The lowest BCUT2D eigenvalue weighted by molar-refractivity contribution is -0.172. The van der Waals surface area contributed by atoms with Crippen LogP contribution in [0.25, 0.3) is 0 Å². The standard InChI is InChI=1S/C6H10O8.C4H6O5/c7-1(3(9)5(11)12)2(8)4(10)6(13)14;5-3(6)1-9-2-4(7)8/h1-4,7-10H,(H,11,12)(H,13,14);1-2H2,(H,5,6)(H,7,8)/t1-,2-,3-,4+;/m0./s1. The molecule has 4 atom stereocenters. The number of carboxylic acid groups (broad SMARTS) is 4. The molecule has 0 heterocycles. The molecule has 13 nitrogen and oxygen atoms in total. The minimum atomic E-state index is -2.36. The van der Waals surface area contributed by atoms with Crippen LogP contribution in [-0.4, -0.2) is 102 Å². The number of ether oxygens (including phenoxy) is 1. The average Bonchev–Trinajstić information content (AvgIpc) is 2.43. The Labute approximate surface area is 127 Å². The summed E-state index contributed by atoms with van der Waals surface area (Å²) in [5, 5.41) is 67.3. The zero-order chi connectivity index (χ0) is 18.7. The summed E-state index contributed by atoms with van der Waals surface area (Å²) >= 11 is 0. The summed E-state index contributed by atoms with van der Waals surface area (Å²) in [6.07, 6.45) is -9.28. The molecule has 8 N–H and O–H groups in total. The maximum absolute atomic E-state index is 10.1. The first-order chi connectivity index (χ1) is 10.4. The monoisotopic (exact) mass is 344 g/mol. The van der Waals surface area contributed by atoms with Gasteiger partial charge in [0, 0.05) is 0 Å². The molecule has 0 fully saturated rings. The second-order valence-electron chi connectivity index (χ2n) is 3.83. The lowest BCUT2D eigenvalue weighted by Gasteiger charge is -2.21. The molecule has 0 aliphatic heterocycles. The number of hydrogen-bond acceptors (Lipinski definition) is 9. The van der Waals surface area contributed by atoms with E-state index in [9.17, 15) is 19.2 Å². The number of aliphatic hydroxyl groups excluding tert-OH is 4. The van der Waals surface area contributed by atoms with Gasteiger partial charge in [0.2, 0.25) is 0 Å². The highest BCUT2D eigenvalue weighted by Gasteiger charge is 2.37. The van der Waals surface area contributed by atoms with E-state index >= 15 is 0 Å². The van der Waals surface area contributed by atoms with Gasteiger partial charge in [0.05, 0.1) is 0 Å². The van der Waals surface area contributed by atoms with E-state index < -0.39 is 61.5 Å². The molecule has 0 radical (unpaired) electrons. The van der Waals surface area contributed by atoms with Gasteiger partial charge in [-0.2, -0.15) is 0 Å². The SMILES string of the molecule is O=C(O)COCC(=O)O.O=C(O)[C@@H](O)[C@@H](O)[C@H](O)[C@@H](O)C(=O)O. The number of hydrogen-bond donors (Lipinski definition) is 8. The Morgan fingerprint density at radius 2 is 0.913 bits per heavy atom. The molecule has 13 heteroatoms. The van der Waals surface area contributed by atoms with Crippen molar-refractivity contribution in [1.82, 2.24) is 0 Å². The van der Waals surface area contributed by atoms with Crippen LogP contribution in [0.4, 0.5) is 0 Å². The topological polar surface area (TPSA) is 239 Å². The van der Waals surface area contributed by atoms with Gasteiger partial charge in [-0.15, -0.1) is 0 Å². The number of carbonyl (C=O) groups is 4. The van der Waals surface area contributed by atoms with Crippen LogP contribution in [0.3, 0.4) is 0 Å². The third-order valence-corrected chi connectivity index (χ3v) is 1.95. The van der Waals surface area contributed by atoms with Crippen LogP contribution >= 0.6 is 0 Å². The molecule has 0 aromatic carbocycles. The van der Waals surface area contributed by atoms with Crippen LogP contribution in [-0.2, 0) is 23.9 Å². The molecule has 0 unspecified atom stereocenters. The highest BCUT2D eigenvalue weighted by molar-refractivity contribution is 5.75. The zero-order valence-corrected chi connectivity index (χ0v) is 11.3. The Morgan fingerprint density at radius 3 is 1.09 bits per heavy atom. The predicted octanol–water partition coefficient (Wildman–Crippen LogP) is -4.23. The minimum absolute atomic E-state index is 0.563. The smallest absolute Gasteiger partial charge is 0.335 e. The third-order valence-electron chi connectivity index (χ3n) is 1.95. The van der Waals surface area contributed by atoms with Crippen molar-refractivity contribution in [3.05, 3.63) is 0 Å². The predicted molar refractivity (Wildman–Crippen MR) is 65.4 cm³/mol. The van der Waals surface area contributed by atoms with Gasteiger partial charge in [0.15, 0.2) is 12.2 Å². The highest BCUT2D eigenvalue weighted by atomic mass is 16.5. The first-order valence-corrected chi connectivity index (χ1v) is 5.61. The molecule has 0 saturated heterocycles.